The summed E-state index contributed by atoms with van der Waals surface area (Å²) in [4.78, 5) is 11.2. The van der Waals surface area contributed by atoms with Crippen molar-refractivity contribution >= 4 is 15.9 Å². The van der Waals surface area contributed by atoms with E-state index in [1.54, 1.807) is 12.3 Å². The Kier molecular flexibility index (Phi) is 4.38. The van der Waals surface area contributed by atoms with Crippen molar-refractivity contribution in [2.24, 2.45) is 11.0 Å². The van der Waals surface area contributed by atoms with Gasteiger partial charge in [-0.3, -0.25) is 10.2 Å². The van der Waals surface area contributed by atoms with Gasteiger partial charge in [0.1, 0.15) is 5.82 Å². The summed E-state index contributed by atoms with van der Waals surface area (Å²) in [5.41, 5.74) is 1.45. The Labute approximate surface area is 104 Å². The zero-order valence-electron chi connectivity index (χ0n) is 9.73. The largest absolute Gasteiger partial charge is 0.290 e. The molecule has 18 heavy (non-hydrogen) atoms. The molecule has 0 unspecified atom stereocenters. The molecular formula is C10H14FN3O3S. The molecule has 0 aliphatic carbocycles. The SMILES string of the molecule is CCCc1c(S(N)(=O)=O)ccc(F)c1C(=O)NN. The van der Waals surface area contributed by atoms with Crippen molar-refractivity contribution in [2.75, 3.05) is 0 Å². The molecule has 0 aromatic heterocycles. The average Bonchev–Trinajstić information content (AvgIpc) is 2.27. The minimum absolute atomic E-state index is 0.0444. The summed E-state index contributed by atoms with van der Waals surface area (Å²) in [6, 6.07) is 1.92. The molecule has 5 N–H and O–H groups in total. The van der Waals surface area contributed by atoms with Crippen LogP contribution < -0.4 is 16.4 Å². The quantitative estimate of drug-likeness (QED) is 0.408. The highest BCUT2D eigenvalue weighted by atomic mass is 32.2. The first-order chi connectivity index (χ1) is 8.32. The molecule has 8 heteroatoms. The van der Waals surface area contributed by atoms with Crippen LogP contribution in [0.15, 0.2) is 17.0 Å². The van der Waals surface area contributed by atoms with Crippen molar-refractivity contribution < 1.29 is 17.6 Å². The van der Waals surface area contributed by atoms with Gasteiger partial charge >= 0.3 is 0 Å². The summed E-state index contributed by atoms with van der Waals surface area (Å²) in [6.07, 6.45) is 0.725. The normalized spacial score (nSPS) is 11.3. The van der Waals surface area contributed by atoms with Gasteiger partial charge in [0.15, 0.2) is 0 Å². The molecule has 0 fully saturated rings. The van der Waals surface area contributed by atoms with Crippen LogP contribution in [0.2, 0.25) is 0 Å². The number of nitrogens with two attached hydrogens (primary N) is 2. The smallest absolute Gasteiger partial charge is 0.268 e. The number of carbonyl (C=O) groups excluding carboxylic acids is 1. The van der Waals surface area contributed by atoms with E-state index in [4.69, 9.17) is 11.0 Å². The number of amides is 1. The van der Waals surface area contributed by atoms with Crippen molar-refractivity contribution in [2.45, 2.75) is 24.7 Å². The fourth-order valence-electron chi connectivity index (χ4n) is 1.68. The lowest BCUT2D eigenvalue weighted by atomic mass is 10.0. The number of hydrogen-bond donors (Lipinski definition) is 3. The summed E-state index contributed by atoms with van der Waals surface area (Å²) >= 11 is 0. The molecule has 1 rings (SSSR count). The molecule has 1 amide bonds. The maximum atomic E-state index is 13.6. The van der Waals surface area contributed by atoms with Crippen LogP contribution in [0.1, 0.15) is 29.3 Å². The number of hydrazine groups is 1. The van der Waals surface area contributed by atoms with E-state index >= 15 is 0 Å². The topological polar surface area (TPSA) is 115 Å². The number of carbonyl (C=O) groups is 1. The van der Waals surface area contributed by atoms with Crippen LogP contribution in [0.5, 0.6) is 0 Å². The molecule has 1 aromatic carbocycles. The molecule has 0 saturated heterocycles. The maximum Gasteiger partial charge on any atom is 0.268 e. The standard InChI is InChI=1S/C10H14FN3O3S/c1-2-3-6-8(18(13,16)17)5-4-7(11)9(6)10(15)14-12/h4-5H,2-3,12H2,1H3,(H,14,15)(H2,13,16,17). The van der Waals surface area contributed by atoms with Crippen LogP contribution in [-0.2, 0) is 16.4 Å². The number of benzene rings is 1. The van der Waals surface area contributed by atoms with E-state index in [0.29, 0.717) is 6.42 Å². The van der Waals surface area contributed by atoms with Gasteiger partial charge in [-0.1, -0.05) is 13.3 Å². The van der Waals surface area contributed by atoms with Crippen LogP contribution in [0.3, 0.4) is 0 Å². The van der Waals surface area contributed by atoms with E-state index in [-0.39, 0.29) is 22.4 Å². The molecule has 0 spiro atoms. The van der Waals surface area contributed by atoms with Crippen molar-refractivity contribution in [3.63, 3.8) is 0 Å². The molecule has 0 atom stereocenters. The molecule has 0 radical (unpaired) electrons. The van der Waals surface area contributed by atoms with Gasteiger partial charge in [0.2, 0.25) is 10.0 Å². The number of primary sulfonamides is 1. The molecule has 1 aromatic rings. The summed E-state index contributed by atoms with van der Waals surface area (Å²) < 4.78 is 36.4. The third-order valence-electron chi connectivity index (χ3n) is 2.38. The van der Waals surface area contributed by atoms with E-state index in [1.807, 2.05) is 0 Å². The fraction of sp³-hybridized carbons (Fsp3) is 0.300. The summed E-state index contributed by atoms with van der Waals surface area (Å²) in [6.45, 7) is 1.77. The molecule has 6 nitrogen and oxygen atoms in total. The first-order valence-electron chi connectivity index (χ1n) is 5.18. The van der Waals surface area contributed by atoms with Gasteiger partial charge in [0, 0.05) is 0 Å². The number of nitrogen functional groups attached to an aromatic ring is 1. The van der Waals surface area contributed by atoms with Crippen LogP contribution in [0.25, 0.3) is 0 Å². The van der Waals surface area contributed by atoms with Crippen molar-refractivity contribution in [3.05, 3.63) is 29.1 Å². The summed E-state index contributed by atoms with van der Waals surface area (Å²) in [5.74, 6) is 3.22. The van der Waals surface area contributed by atoms with E-state index in [1.165, 1.54) is 0 Å². The van der Waals surface area contributed by atoms with Gasteiger partial charge in [-0.15, -0.1) is 0 Å². The summed E-state index contributed by atoms with van der Waals surface area (Å²) in [7, 11) is -4.02. The Balaban J connectivity index is 3.63. The predicted molar refractivity (Wildman–Crippen MR) is 63.4 cm³/mol. The minimum atomic E-state index is -4.02. The summed E-state index contributed by atoms with van der Waals surface area (Å²) in [5, 5.41) is 5.04. The third-order valence-corrected chi connectivity index (χ3v) is 3.38. The average molecular weight is 275 g/mol. The monoisotopic (exact) mass is 275 g/mol. The lowest BCUT2D eigenvalue weighted by molar-refractivity contribution is 0.0948. The highest BCUT2D eigenvalue weighted by molar-refractivity contribution is 7.89. The Morgan fingerprint density at radius 3 is 2.50 bits per heavy atom. The van der Waals surface area contributed by atoms with Crippen LogP contribution in [0.4, 0.5) is 4.39 Å². The second-order valence-electron chi connectivity index (χ2n) is 3.67. The van der Waals surface area contributed by atoms with E-state index in [2.05, 4.69) is 0 Å². The van der Waals surface area contributed by atoms with Gasteiger partial charge in [-0.05, 0) is 24.1 Å². The number of hydrogen-bond acceptors (Lipinski definition) is 4. The van der Waals surface area contributed by atoms with E-state index < -0.39 is 21.7 Å². The third kappa shape index (κ3) is 2.84. The zero-order valence-corrected chi connectivity index (χ0v) is 10.6. The molecule has 0 heterocycles. The van der Waals surface area contributed by atoms with E-state index in [0.717, 1.165) is 12.1 Å². The van der Waals surface area contributed by atoms with Crippen molar-refractivity contribution in [1.82, 2.24) is 5.43 Å². The molecular weight excluding hydrogens is 261 g/mol. The van der Waals surface area contributed by atoms with E-state index in [9.17, 15) is 17.6 Å². The molecule has 100 valence electrons. The number of sulfonamides is 1. The Hall–Kier alpha value is -1.51. The number of halogens is 1. The van der Waals surface area contributed by atoms with Gasteiger partial charge in [0.05, 0.1) is 10.5 Å². The second kappa shape index (κ2) is 5.42. The van der Waals surface area contributed by atoms with Crippen LogP contribution >= 0.6 is 0 Å². The van der Waals surface area contributed by atoms with Crippen LogP contribution in [-0.4, -0.2) is 14.3 Å². The highest BCUT2D eigenvalue weighted by Crippen LogP contribution is 2.23. The van der Waals surface area contributed by atoms with Gasteiger partial charge in [-0.2, -0.15) is 0 Å². The van der Waals surface area contributed by atoms with Crippen LogP contribution in [0, 0.1) is 5.82 Å². The molecule has 0 saturated carbocycles. The fourth-order valence-corrected chi connectivity index (χ4v) is 2.49. The maximum absolute atomic E-state index is 13.6. The lowest BCUT2D eigenvalue weighted by Crippen LogP contribution is -2.32. The van der Waals surface area contributed by atoms with Crippen molar-refractivity contribution in [3.8, 4) is 0 Å². The first-order valence-corrected chi connectivity index (χ1v) is 6.72. The minimum Gasteiger partial charge on any atom is -0.290 e. The van der Waals surface area contributed by atoms with Gasteiger partial charge in [-0.25, -0.2) is 23.8 Å². The van der Waals surface area contributed by atoms with Gasteiger partial charge in [0.25, 0.3) is 5.91 Å². The molecule has 0 aliphatic heterocycles. The first kappa shape index (κ1) is 14.6. The van der Waals surface area contributed by atoms with Crippen molar-refractivity contribution in [1.29, 1.82) is 0 Å². The molecule has 0 aliphatic rings. The Morgan fingerprint density at radius 1 is 1.44 bits per heavy atom. The Bertz CT molecular complexity index is 572. The van der Waals surface area contributed by atoms with Gasteiger partial charge < -0.3 is 0 Å². The second-order valence-corrected chi connectivity index (χ2v) is 5.20. The zero-order chi connectivity index (χ0) is 13.9. The number of rotatable bonds is 4. The predicted octanol–water partition coefficient (Wildman–Crippen LogP) is 0.0291. The number of nitrogens with one attached hydrogen (secondary N) is 1. The Morgan fingerprint density at radius 2 is 2.06 bits per heavy atom. The highest BCUT2D eigenvalue weighted by Gasteiger charge is 2.23. The lowest BCUT2D eigenvalue weighted by Gasteiger charge is -2.12. The molecule has 0 bridgehead atoms.